The van der Waals surface area contributed by atoms with E-state index >= 15 is 0 Å². The SMILES string of the molecule is COc1ccc(C2=C(N3CCOCC3)C(=O)N(CCN3CCOCC3)C2=O)cc1OC. The summed E-state index contributed by atoms with van der Waals surface area (Å²) in [6, 6.07) is 5.31. The Morgan fingerprint density at radius 1 is 0.839 bits per heavy atom. The fraction of sp³-hybridized carbons (Fsp3) is 0.545. The standard InChI is InChI=1S/C22H29N3O6/c1-28-17-4-3-16(15-18(17)29-2)19-20(24-9-13-31-14-10-24)22(27)25(21(19)26)6-5-23-7-11-30-12-8-23/h3-4,15H,5-14H2,1-2H3. The van der Waals surface area contributed by atoms with Crippen LogP contribution in [0.2, 0.25) is 0 Å². The van der Waals surface area contributed by atoms with Gasteiger partial charge in [0.2, 0.25) is 0 Å². The van der Waals surface area contributed by atoms with Gasteiger partial charge >= 0.3 is 0 Å². The molecule has 31 heavy (non-hydrogen) atoms. The van der Waals surface area contributed by atoms with Crippen LogP contribution in [-0.4, -0.2) is 106 Å². The van der Waals surface area contributed by atoms with Crippen LogP contribution in [0.3, 0.4) is 0 Å². The summed E-state index contributed by atoms with van der Waals surface area (Å²) in [6.07, 6.45) is 0. The van der Waals surface area contributed by atoms with Crippen LogP contribution < -0.4 is 9.47 Å². The summed E-state index contributed by atoms with van der Waals surface area (Å²) in [5.41, 5.74) is 1.50. The van der Waals surface area contributed by atoms with Crippen molar-refractivity contribution in [1.29, 1.82) is 0 Å². The van der Waals surface area contributed by atoms with E-state index in [-0.39, 0.29) is 11.8 Å². The van der Waals surface area contributed by atoms with Crippen LogP contribution in [-0.2, 0) is 19.1 Å². The first-order valence-corrected chi connectivity index (χ1v) is 10.6. The molecule has 0 saturated carbocycles. The third-order valence-electron chi connectivity index (χ3n) is 5.89. The van der Waals surface area contributed by atoms with E-state index in [0.717, 1.165) is 13.1 Å². The molecule has 0 unspecified atom stereocenters. The predicted octanol–water partition coefficient (Wildman–Crippen LogP) is 0.448. The highest BCUT2D eigenvalue weighted by molar-refractivity contribution is 6.35. The number of imide groups is 1. The Balaban J connectivity index is 1.65. The second-order valence-electron chi connectivity index (χ2n) is 7.61. The van der Waals surface area contributed by atoms with Gasteiger partial charge in [-0.25, -0.2) is 0 Å². The van der Waals surface area contributed by atoms with E-state index in [1.165, 1.54) is 4.90 Å². The molecule has 1 aromatic rings. The van der Waals surface area contributed by atoms with Gasteiger partial charge in [-0.05, 0) is 17.7 Å². The van der Waals surface area contributed by atoms with Gasteiger partial charge in [0, 0.05) is 39.3 Å². The van der Waals surface area contributed by atoms with Gasteiger partial charge in [-0.1, -0.05) is 6.07 Å². The van der Waals surface area contributed by atoms with Crippen molar-refractivity contribution in [2.75, 3.05) is 79.9 Å². The third kappa shape index (κ3) is 4.39. The number of carbonyl (C=O) groups excluding carboxylic acids is 2. The number of hydrogen-bond donors (Lipinski definition) is 0. The zero-order valence-corrected chi connectivity index (χ0v) is 18.1. The van der Waals surface area contributed by atoms with Crippen LogP contribution in [0.25, 0.3) is 5.57 Å². The summed E-state index contributed by atoms with van der Waals surface area (Å²) in [7, 11) is 3.11. The second kappa shape index (κ2) is 9.67. The molecule has 0 aromatic heterocycles. The molecule has 0 bridgehead atoms. The average molecular weight is 431 g/mol. The summed E-state index contributed by atoms with van der Waals surface area (Å²) in [5, 5.41) is 0. The van der Waals surface area contributed by atoms with E-state index in [1.807, 2.05) is 4.90 Å². The Bertz CT molecular complexity index is 859. The predicted molar refractivity (Wildman–Crippen MR) is 113 cm³/mol. The summed E-state index contributed by atoms with van der Waals surface area (Å²) in [5.74, 6) is 0.568. The van der Waals surface area contributed by atoms with Crippen molar-refractivity contribution in [3.63, 3.8) is 0 Å². The van der Waals surface area contributed by atoms with Crippen LogP contribution in [0.15, 0.2) is 23.9 Å². The van der Waals surface area contributed by atoms with Gasteiger partial charge < -0.3 is 23.8 Å². The van der Waals surface area contributed by atoms with Crippen LogP contribution >= 0.6 is 0 Å². The highest BCUT2D eigenvalue weighted by atomic mass is 16.5. The minimum absolute atomic E-state index is 0.245. The number of methoxy groups -OCH3 is 2. The Morgan fingerprint density at radius 3 is 2.13 bits per heavy atom. The van der Waals surface area contributed by atoms with E-state index in [1.54, 1.807) is 32.4 Å². The van der Waals surface area contributed by atoms with Crippen molar-refractivity contribution in [3.8, 4) is 11.5 Å². The van der Waals surface area contributed by atoms with Crippen LogP contribution in [0.4, 0.5) is 0 Å². The summed E-state index contributed by atoms with van der Waals surface area (Å²) >= 11 is 0. The first-order valence-electron chi connectivity index (χ1n) is 10.6. The molecule has 0 spiro atoms. The average Bonchev–Trinajstić information content (AvgIpc) is 3.07. The van der Waals surface area contributed by atoms with Gasteiger partial charge in [-0.3, -0.25) is 19.4 Å². The van der Waals surface area contributed by atoms with Gasteiger partial charge in [-0.2, -0.15) is 0 Å². The fourth-order valence-electron chi connectivity index (χ4n) is 4.16. The highest BCUT2D eigenvalue weighted by Crippen LogP contribution is 2.36. The van der Waals surface area contributed by atoms with Crippen molar-refractivity contribution in [2.45, 2.75) is 0 Å². The quantitative estimate of drug-likeness (QED) is 0.576. The number of amides is 2. The molecule has 9 heteroatoms. The normalized spacial score (nSPS) is 20.6. The van der Waals surface area contributed by atoms with Crippen LogP contribution in [0.1, 0.15) is 5.56 Å². The third-order valence-corrected chi connectivity index (χ3v) is 5.89. The Kier molecular flexibility index (Phi) is 6.74. The number of nitrogens with zero attached hydrogens (tertiary/aromatic N) is 3. The van der Waals surface area contributed by atoms with Crippen molar-refractivity contribution < 1.29 is 28.5 Å². The molecule has 1 aromatic carbocycles. The summed E-state index contributed by atoms with van der Waals surface area (Å²) < 4.78 is 21.6. The van der Waals surface area contributed by atoms with Crippen molar-refractivity contribution >= 4 is 17.4 Å². The Morgan fingerprint density at radius 2 is 1.48 bits per heavy atom. The fourth-order valence-corrected chi connectivity index (χ4v) is 4.16. The molecule has 168 valence electrons. The minimum Gasteiger partial charge on any atom is -0.493 e. The molecule has 2 fully saturated rings. The van der Waals surface area contributed by atoms with Crippen LogP contribution in [0.5, 0.6) is 11.5 Å². The lowest BCUT2D eigenvalue weighted by Gasteiger charge is -2.30. The Hall–Kier alpha value is -2.62. The van der Waals surface area contributed by atoms with Crippen LogP contribution in [0, 0.1) is 0 Å². The summed E-state index contributed by atoms with van der Waals surface area (Å²) in [4.78, 5) is 32.4. The molecular formula is C22H29N3O6. The highest BCUT2D eigenvalue weighted by Gasteiger charge is 2.42. The number of benzene rings is 1. The maximum Gasteiger partial charge on any atom is 0.277 e. The number of hydrogen-bond acceptors (Lipinski definition) is 8. The Labute approximate surface area is 182 Å². The maximum atomic E-state index is 13.5. The van der Waals surface area contributed by atoms with Gasteiger partial charge in [0.25, 0.3) is 11.8 Å². The maximum absolute atomic E-state index is 13.5. The monoisotopic (exact) mass is 431 g/mol. The van der Waals surface area contributed by atoms with Crippen molar-refractivity contribution in [3.05, 3.63) is 29.5 Å². The molecular weight excluding hydrogens is 402 g/mol. The van der Waals surface area contributed by atoms with E-state index in [2.05, 4.69) is 4.90 Å². The van der Waals surface area contributed by atoms with E-state index < -0.39 is 0 Å². The molecule has 2 saturated heterocycles. The zero-order chi connectivity index (χ0) is 21.8. The van der Waals surface area contributed by atoms with Gasteiger partial charge in [0.1, 0.15) is 5.70 Å². The largest absolute Gasteiger partial charge is 0.493 e. The number of morpholine rings is 2. The van der Waals surface area contributed by atoms with E-state index in [0.29, 0.717) is 80.9 Å². The molecule has 0 radical (unpaired) electrons. The van der Waals surface area contributed by atoms with Gasteiger partial charge in [0.05, 0.1) is 46.2 Å². The van der Waals surface area contributed by atoms with Crippen molar-refractivity contribution in [1.82, 2.24) is 14.7 Å². The first-order chi connectivity index (χ1) is 15.1. The first kappa shape index (κ1) is 21.6. The van der Waals surface area contributed by atoms with Gasteiger partial charge in [-0.15, -0.1) is 0 Å². The molecule has 0 N–H and O–H groups in total. The molecule has 2 amide bonds. The lowest BCUT2D eigenvalue weighted by Crippen LogP contribution is -2.44. The smallest absolute Gasteiger partial charge is 0.277 e. The lowest BCUT2D eigenvalue weighted by molar-refractivity contribution is -0.138. The summed E-state index contributed by atoms with van der Waals surface area (Å²) in [6.45, 7) is 6.15. The number of ether oxygens (including phenoxy) is 4. The molecule has 3 aliphatic rings. The molecule has 3 aliphatic heterocycles. The number of rotatable bonds is 7. The minimum atomic E-state index is -0.271. The molecule has 0 aliphatic carbocycles. The topological polar surface area (TPSA) is 80.8 Å². The van der Waals surface area contributed by atoms with E-state index in [4.69, 9.17) is 18.9 Å². The van der Waals surface area contributed by atoms with Gasteiger partial charge in [0.15, 0.2) is 11.5 Å². The zero-order valence-electron chi connectivity index (χ0n) is 18.1. The lowest BCUT2D eigenvalue weighted by atomic mass is 10.0. The molecule has 4 rings (SSSR count). The second-order valence-corrected chi connectivity index (χ2v) is 7.61. The van der Waals surface area contributed by atoms with E-state index in [9.17, 15) is 9.59 Å². The molecule has 9 nitrogen and oxygen atoms in total. The van der Waals surface area contributed by atoms with Crippen molar-refractivity contribution in [2.24, 2.45) is 0 Å². The number of carbonyl (C=O) groups is 2. The molecule has 3 heterocycles. The molecule has 0 atom stereocenters.